The molecule has 0 aromatic carbocycles. The molecular weight excluding hydrogens is 503 g/mol. The molecule has 39 heavy (non-hydrogen) atoms. The molecule has 3 aromatic rings. The number of allylic oxidation sites excluding steroid dienone is 1. The molecule has 5 heterocycles. The van der Waals surface area contributed by atoms with Crippen LogP contribution in [0.2, 0.25) is 0 Å². The third-order valence-electron chi connectivity index (χ3n) is 7.26. The summed E-state index contributed by atoms with van der Waals surface area (Å²) in [6.45, 7) is 2.63. The number of carbonyl (C=O) groups is 1. The second-order valence-corrected chi connectivity index (χ2v) is 9.92. The number of hydrogen-bond donors (Lipinski definition) is 4. The molecule has 2 aliphatic rings. The fourth-order valence-corrected chi connectivity index (χ4v) is 4.92. The molecule has 11 nitrogen and oxygen atoms in total. The second kappa shape index (κ2) is 10.9. The van der Waals surface area contributed by atoms with Gasteiger partial charge in [-0.25, -0.2) is 8.91 Å². The number of alkyl halides is 1. The zero-order chi connectivity index (χ0) is 27.6. The summed E-state index contributed by atoms with van der Waals surface area (Å²) in [5.41, 5.74) is 7.89. The maximum Gasteiger partial charge on any atom is 0.262 e. The number of nitrogens with zero attached hydrogens (tertiary/aromatic N) is 5. The van der Waals surface area contributed by atoms with Crippen LogP contribution < -0.4 is 21.1 Å². The molecule has 0 bridgehead atoms. The predicted octanol–water partition coefficient (Wildman–Crippen LogP) is 1.25. The molecule has 2 aliphatic heterocycles. The first-order valence-electron chi connectivity index (χ1n) is 12.8. The van der Waals surface area contributed by atoms with Crippen molar-refractivity contribution in [3.8, 4) is 11.8 Å². The van der Waals surface area contributed by atoms with E-state index >= 15 is 0 Å². The summed E-state index contributed by atoms with van der Waals surface area (Å²) in [5, 5.41) is 30.2. The SMILES string of the molecule is C/C(NC1CCN(C(=O)C2(F)CNC2)CC1)=C(/N)c1cc(OC(CO)c2ccccn2)c2c(C#N)cnn2c1. The Morgan fingerprint density at radius 1 is 1.41 bits per heavy atom. The lowest BCUT2D eigenvalue weighted by atomic mass is 9.95. The number of nitrogens with one attached hydrogen (secondary N) is 2. The lowest BCUT2D eigenvalue weighted by Crippen LogP contribution is -2.65. The van der Waals surface area contributed by atoms with Crippen LogP contribution in [0.3, 0.4) is 0 Å². The fourth-order valence-electron chi connectivity index (χ4n) is 4.92. The third kappa shape index (κ3) is 5.23. The lowest BCUT2D eigenvalue weighted by Gasteiger charge is -2.40. The summed E-state index contributed by atoms with van der Waals surface area (Å²) in [6, 6.07) is 9.24. The zero-order valence-corrected chi connectivity index (χ0v) is 21.6. The van der Waals surface area contributed by atoms with E-state index in [1.807, 2.05) is 6.92 Å². The summed E-state index contributed by atoms with van der Waals surface area (Å²) in [6.07, 6.45) is 5.35. The number of pyridine rings is 2. The topological polar surface area (TPSA) is 154 Å². The number of likely N-dealkylation sites (tertiary alicyclic amines) is 1. The molecule has 5 rings (SSSR count). The van der Waals surface area contributed by atoms with Crippen molar-refractivity contribution in [2.45, 2.75) is 37.6 Å². The van der Waals surface area contributed by atoms with Crippen molar-refractivity contribution in [3.63, 3.8) is 0 Å². The zero-order valence-electron chi connectivity index (χ0n) is 21.6. The van der Waals surface area contributed by atoms with Crippen LogP contribution in [0, 0.1) is 11.3 Å². The highest BCUT2D eigenvalue weighted by atomic mass is 19.1. The van der Waals surface area contributed by atoms with Gasteiger partial charge in [-0.2, -0.15) is 10.4 Å². The molecule has 0 radical (unpaired) electrons. The molecule has 0 saturated carbocycles. The molecular formula is C27H31FN8O3. The van der Waals surface area contributed by atoms with Gasteiger partial charge < -0.3 is 31.1 Å². The van der Waals surface area contributed by atoms with E-state index in [4.69, 9.17) is 10.5 Å². The van der Waals surface area contributed by atoms with Crippen molar-refractivity contribution in [1.29, 1.82) is 5.26 Å². The van der Waals surface area contributed by atoms with Gasteiger partial charge in [0.25, 0.3) is 5.91 Å². The highest BCUT2D eigenvalue weighted by Crippen LogP contribution is 2.31. The van der Waals surface area contributed by atoms with Gasteiger partial charge in [-0.1, -0.05) is 6.07 Å². The Balaban J connectivity index is 1.35. The number of halogens is 1. The summed E-state index contributed by atoms with van der Waals surface area (Å²) in [7, 11) is 0. The molecule has 2 fully saturated rings. The molecule has 1 amide bonds. The molecule has 12 heteroatoms. The number of rotatable bonds is 8. The molecule has 5 N–H and O–H groups in total. The Bertz CT molecular complexity index is 1420. The van der Waals surface area contributed by atoms with Gasteiger partial charge in [0.05, 0.1) is 24.2 Å². The van der Waals surface area contributed by atoms with Gasteiger partial charge in [-0.3, -0.25) is 9.78 Å². The highest BCUT2D eigenvalue weighted by molar-refractivity contribution is 5.87. The minimum absolute atomic E-state index is 0.0694. The number of aliphatic hydroxyl groups excluding tert-OH is 1. The van der Waals surface area contributed by atoms with Crippen LogP contribution in [0.15, 0.2) is 48.6 Å². The van der Waals surface area contributed by atoms with Crippen molar-refractivity contribution >= 4 is 17.1 Å². The average molecular weight is 535 g/mol. The van der Waals surface area contributed by atoms with Crippen LogP contribution in [-0.4, -0.2) is 75.0 Å². The lowest BCUT2D eigenvalue weighted by molar-refractivity contribution is -0.148. The van der Waals surface area contributed by atoms with E-state index in [0.717, 1.165) is 5.70 Å². The van der Waals surface area contributed by atoms with E-state index in [1.54, 1.807) is 41.6 Å². The standard InChI is InChI=1S/C27H31FN8O3/c1-17(34-20-5-8-35(9-6-20)26(38)27(28)15-31-16-27)24(30)18-10-22(25-19(11-29)12-33-36(25)13-18)39-23(14-37)21-4-2-3-7-32-21/h2-4,7,10,12-13,20,23,31,34,37H,5-6,8-9,14-16,30H2,1H3/b24-17-. The van der Waals surface area contributed by atoms with Gasteiger partial charge in [0.2, 0.25) is 5.67 Å². The number of amides is 1. The van der Waals surface area contributed by atoms with E-state index in [-0.39, 0.29) is 25.7 Å². The molecule has 0 aliphatic carbocycles. The largest absolute Gasteiger partial charge is 0.479 e. The molecule has 1 unspecified atom stereocenters. The van der Waals surface area contributed by atoms with Crippen molar-refractivity contribution in [1.82, 2.24) is 30.1 Å². The highest BCUT2D eigenvalue weighted by Gasteiger charge is 2.47. The third-order valence-corrected chi connectivity index (χ3v) is 7.26. The van der Waals surface area contributed by atoms with Gasteiger partial charge in [0.15, 0.2) is 6.10 Å². The van der Waals surface area contributed by atoms with Gasteiger partial charge >= 0.3 is 0 Å². The smallest absolute Gasteiger partial charge is 0.262 e. The number of aliphatic hydroxyl groups is 1. The van der Waals surface area contributed by atoms with Crippen molar-refractivity contribution in [2.24, 2.45) is 5.73 Å². The quantitative estimate of drug-likeness (QED) is 0.334. The maximum absolute atomic E-state index is 14.5. The summed E-state index contributed by atoms with van der Waals surface area (Å²) in [4.78, 5) is 18.4. The van der Waals surface area contributed by atoms with Gasteiger partial charge in [-0.05, 0) is 38.0 Å². The Morgan fingerprint density at radius 2 is 2.18 bits per heavy atom. The minimum atomic E-state index is -1.78. The number of carbonyl (C=O) groups excluding carboxylic acids is 1. The van der Waals surface area contributed by atoms with E-state index in [2.05, 4.69) is 26.8 Å². The number of aromatic nitrogens is 3. The first-order valence-corrected chi connectivity index (χ1v) is 12.8. The second-order valence-electron chi connectivity index (χ2n) is 9.92. The maximum atomic E-state index is 14.5. The van der Waals surface area contributed by atoms with Crippen molar-refractivity contribution in [3.05, 3.63) is 65.4 Å². The van der Waals surface area contributed by atoms with Gasteiger partial charge in [0.1, 0.15) is 22.9 Å². The number of nitrogens with two attached hydrogens (primary N) is 1. The van der Waals surface area contributed by atoms with Gasteiger partial charge in [-0.15, -0.1) is 0 Å². The van der Waals surface area contributed by atoms with Crippen LogP contribution >= 0.6 is 0 Å². The minimum Gasteiger partial charge on any atom is -0.479 e. The number of ether oxygens (including phenoxy) is 1. The Hall–Kier alpha value is -4.21. The van der Waals surface area contributed by atoms with Crippen LogP contribution in [0.1, 0.15) is 42.7 Å². The molecule has 2 saturated heterocycles. The molecule has 0 spiro atoms. The fraction of sp³-hybridized carbons (Fsp3) is 0.407. The normalized spacial score (nSPS) is 18.6. The van der Waals surface area contributed by atoms with E-state index in [1.165, 1.54) is 10.7 Å². The predicted molar refractivity (Wildman–Crippen MR) is 141 cm³/mol. The summed E-state index contributed by atoms with van der Waals surface area (Å²) >= 11 is 0. The first kappa shape index (κ1) is 26.4. The molecule has 204 valence electrons. The first-order chi connectivity index (χ1) is 18.8. The Morgan fingerprint density at radius 3 is 2.79 bits per heavy atom. The van der Waals surface area contributed by atoms with Crippen LogP contribution in [0.25, 0.3) is 11.2 Å². The van der Waals surface area contributed by atoms with E-state index < -0.39 is 17.7 Å². The van der Waals surface area contributed by atoms with Crippen LogP contribution in [0.5, 0.6) is 5.75 Å². The van der Waals surface area contributed by atoms with Crippen LogP contribution in [-0.2, 0) is 4.79 Å². The summed E-state index contributed by atoms with van der Waals surface area (Å²) in [5.74, 6) is -0.102. The van der Waals surface area contributed by atoms with E-state index in [0.29, 0.717) is 59.7 Å². The summed E-state index contributed by atoms with van der Waals surface area (Å²) < 4.78 is 22.2. The number of nitriles is 1. The van der Waals surface area contributed by atoms with Gasteiger partial charge in [0, 0.05) is 55.9 Å². The average Bonchev–Trinajstić information content (AvgIpc) is 3.38. The Kier molecular flexibility index (Phi) is 7.36. The number of piperidine rings is 1. The van der Waals surface area contributed by atoms with E-state index in [9.17, 15) is 19.6 Å². The van der Waals surface area contributed by atoms with Crippen LogP contribution in [0.4, 0.5) is 4.39 Å². The number of fused-ring (bicyclic) bond motifs is 1. The van der Waals surface area contributed by atoms with Crippen molar-refractivity contribution in [2.75, 3.05) is 32.8 Å². The number of hydrogen-bond acceptors (Lipinski definition) is 9. The van der Waals surface area contributed by atoms with Crippen molar-refractivity contribution < 1.29 is 19.0 Å². The Labute approximate surface area is 225 Å². The molecule has 1 atom stereocenters. The molecule has 3 aromatic heterocycles. The monoisotopic (exact) mass is 534 g/mol.